The Morgan fingerprint density at radius 2 is 0.466 bits per heavy atom. The van der Waals surface area contributed by atoms with Gasteiger partial charge < -0.3 is 141 Å². The van der Waals surface area contributed by atoms with Crippen molar-refractivity contribution in [3.8, 4) is 0 Å². The summed E-state index contributed by atoms with van der Waals surface area (Å²) in [5.74, 6) is -0.214. The van der Waals surface area contributed by atoms with Gasteiger partial charge in [0.1, 0.15) is 48.2 Å². The SMILES string of the molecule is Nc1ccn([C@H]2C[C@H]([O-])[C@@H](COP(=O)(O)OP(=O)(O)OP(=O)(O)O)O2)c(=O)n1.Nc1ccn([C@H]2C[C@H]([O-])[C@@H](COP(=O)(O)OP(=O)(O)OP(=O)(O)O)O2)c(=O)n1.Nc1ccn([C@H]2C[C@H]([O-])[C@@H](COP(=O)(O)OP(=O)(O)OP(=O)(O)O)O2)c(=O)n1.Nc1ccn([C@H]2C[C@H]([O-])[C@@H](COP(=O)(O)OP(=O)(O)OP(=O)(O)O)O2)c(=O)n1.[Na+].[Na+].[Na+].[Na+]. The van der Waals surface area contributed by atoms with Crippen LogP contribution in [-0.4, -0.2) is 192 Å². The average Bonchev–Trinajstić information content (AvgIpc) is 1.70. The minimum atomic E-state index is -5.67. The van der Waals surface area contributed by atoms with Crippen LogP contribution in [0.3, 0.4) is 0 Å². The Labute approximate surface area is 731 Å². The fourth-order valence-electron chi connectivity index (χ4n) is 8.55. The summed E-state index contributed by atoms with van der Waals surface area (Å²) in [6.07, 6.45) is -11.9. The second kappa shape index (κ2) is 46.2. The molecule has 4 aliphatic heterocycles. The van der Waals surface area contributed by atoms with Crippen LogP contribution in [0.5, 0.6) is 0 Å². The van der Waals surface area contributed by atoms with Gasteiger partial charge in [-0.1, -0.05) is 24.4 Å². The molecule has 8 rings (SSSR count). The molecule has 4 aliphatic rings. The van der Waals surface area contributed by atoms with Crippen LogP contribution in [0, 0.1) is 0 Å². The van der Waals surface area contributed by atoms with Crippen molar-refractivity contribution in [2.45, 2.75) is 99.4 Å². The number of hydrogen-bond acceptors (Lipinski definition) is 44. The zero-order valence-corrected chi connectivity index (χ0v) is 77.0. The quantitative estimate of drug-likeness (QED) is 0.0159. The van der Waals surface area contributed by atoms with E-state index in [1.165, 1.54) is 49.1 Å². The molecule has 64 nitrogen and oxygen atoms in total. The van der Waals surface area contributed by atoms with Crippen molar-refractivity contribution in [2.75, 3.05) is 49.4 Å². The number of ether oxygens (including phenoxy) is 4. The number of aromatic nitrogens is 8. The molecule has 116 heavy (non-hydrogen) atoms. The normalized spacial score (nSPS) is 26.3. The molecule has 4 saturated heterocycles. The Morgan fingerprint density at radius 1 is 0.310 bits per heavy atom. The summed E-state index contributed by atoms with van der Waals surface area (Å²) in [4.78, 5) is 202. The van der Waals surface area contributed by atoms with E-state index in [1.54, 1.807) is 0 Å². The van der Waals surface area contributed by atoms with Gasteiger partial charge in [0.2, 0.25) is 0 Å². The summed E-state index contributed by atoms with van der Waals surface area (Å²) in [5, 5.41) is 48.0. The first-order valence-electron chi connectivity index (χ1n) is 28.5. The standard InChI is InChI=1S/4C9H15N3O13P3.4Na/c4*10-7-1-2-12(9(14)11-7)8-3-5(13)6(23-8)4-22-27(18,19)25-28(20,21)24-26(15,16)17;;;;/h4*1-2,5-6,8H,3-4H2,(H,18,19)(H,20,21)(H2,10,11,14)(H2,15,16,17);;;;/q4*-1;4*+1/t4*5-,6+,8+;;;;/m0000..../s1. The van der Waals surface area contributed by atoms with Crippen LogP contribution in [0.2, 0.25) is 0 Å². The molecule has 8 unspecified atom stereocenters. The largest absolute Gasteiger partial charge is 1.00 e. The molecule has 0 aromatic carbocycles. The van der Waals surface area contributed by atoms with Crippen molar-refractivity contribution < 1.29 is 343 Å². The third-order valence-electron chi connectivity index (χ3n) is 12.6. The molecule has 4 fully saturated rings. The van der Waals surface area contributed by atoms with Crippen LogP contribution >= 0.6 is 93.9 Å². The first-order chi connectivity index (χ1) is 50.7. The van der Waals surface area contributed by atoms with Gasteiger partial charge in [0.05, 0.1) is 50.8 Å². The number of nitrogens with zero attached hydrogens (tertiary/aromatic N) is 8. The van der Waals surface area contributed by atoms with E-state index in [2.05, 4.69) is 72.5 Å². The molecule has 80 heteroatoms. The first kappa shape index (κ1) is 114. The molecule has 4 aromatic rings. The predicted octanol–water partition coefficient (Wildman–Crippen LogP) is -19.2. The average molecular weight is 1960 g/mol. The van der Waals surface area contributed by atoms with Crippen molar-refractivity contribution in [3.63, 3.8) is 0 Å². The van der Waals surface area contributed by atoms with E-state index in [-0.39, 0.29) is 167 Å². The topological polar surface area (TPSA) is 1010 Å². The van der Waals surface area contributed by atoms with Gasteiger partial charge in [0, 0.05) is 24.8 Å². The number of phosphoric acid groups is 12. The number of phosphoric ester groups is 4. The summed E-state index contributed by atoms with van der Waals surface area (Å²) < 4.78 is 204. The summed E-state index contributed by atoms with van der Waals surface area (Å²) in [7, 11) is -66.3. The van der Waals surface area contributed by atoms with Crippen LogP contribution in [0.4, 0.5) is 23.3 Å². The Balaban J connectivity index is 0.000000765. The predicted molar refractivity (Wildman–Crippen MR) is 340 cm³/mol. The number of nitrogens with two attached hydrogens (primary N) is 4. The fraction of sp³-hybridized carbons (Fsp3) is 0.556. The second-order valence-electron chi connectivity index (χ2n) is 21.3. The molecule has 20 atom stereocenters. The molecule has 640 valence electrons. The monoisotopic (exact) mass is 1960 g/mol. The fourth-order valence-corrected chi connectivity index (χ4v) is 20.7. The zero-order chi connectivity index (χ0) is 85.3. The molecule has 0 saturated carbocycles. The van der Waals surface area contributed by atoms with Crippen LogP contribution in [-0.2, 0) is 126 Å². The Hall–Kier alpha value is 0.0400. The number of nitrogen functional groups attached to an aromatic ring is 4. The van der Waals surface area contributed by atoms with Gasteiger partial charge in [-0.15, -0.1) is 0 Å². The van der Waals surface area contributed by atoms with Crippen molar-refractivity contribution in [3.05, 3.63) is 91.0 Å². The molecule has 8 heterocycles. The number of rotatable bonds is 32. The Bertz CT molecular complexity index is 4270. The molecule has 0 bridgehead atoms. The van der Waals surface area contributed by atoms with E-state index in [0.717, 1.165) is 18.3 Å². The first-order valence-corrected chi connectivity index (χ1v) is 46.6. The van der Waals surface area contributed by atoms with Crippen LogP contribution in [0.1, 0.15) is 50.6 Å². The van der Waals surface area contributed by atoms with E-state index in [4.69, 9.17) is 101 Å². The molecular weight excluding hydrogens is 1900 g/mol. The molecule has 0 amide bonds. The Kier molecular flexibility index (Phi) is 45.4. The van der Waals surface area contributed by atoms with E-state index in [0.29, 0.717) is 0 Å². The third kappa shape index (κ3) is 41.2. The van der Waals surface area contributed by atoms with Gasteiger partial charge >= 0.3 is 235 Å². The molecule has 24 N–H and O–H groups in total. The van der Waals surface area contributed by atoms with Crippen LogP contribution in [0.15, 0.2) is 68.2 Å². The molecule has 0 spiro atoms. The van der Waals surface area contributed by atoms with Gasteiger partial charge in [-0.05, 0) is 49.9 Å². The van der Waals surface area contributed by atoms with Gasteiger partial charge in [-0.3, -0.25) is 36.4 Å². The van der Waals surface area contributed by atoms with Crippen molar-refractivity contribution >= 4 is 117 Å². The molecule has 0 aliphatic carbocycles. The molecule has 4 aromatic heterocycles. The summed E-state index contributed by atoms with van der Waals surface area (Å²) in [6, 6.07) is 5.13. The van der Waals surface area contributed by atoms with Gasteiger partial charge in [-0.25, -0.2) is 74.0 Å². The summed E-state index contributed by atoms with van der Waals surface area (Å²) >= 11 is 0. The van der Waals surface area contributed by atoms with Crippen molar-refractivity contribution in [2.24, 2.45) is 0 Å². The maximum atomic E-state index is 12.0. The van der Waals surface area contributed by atoms with Crippen LogP contribution < -0.4 is 184 Å². The Morgan fingerprint density at radius 3 is 0.603 bits per heavy atom. The van der Waals surface area contributed by atoms with Gasteiger partial charge in [0.15, 0.2) is 0 Å². The maximum Gasteiger partial charge on any atom is 1.00 e. The van der Waals surface area contributed by atoms with E-state index < -0.39 is 217 Å². The van der Waals surface area contributed by atoms with E-state index >= 15 is 0 Å². The third-order valence-corrected chi connectivity index (χ3v) is 27.9. The molecule has 0 radical (unpaired) electrons. The minimum absolute atomic E-state index is 0. The number of anilines is 4. The second-order valence-corrected chi connectivity index (χ2v) is 39.0. The maximum absolute atomic E-state index is 12.0. The minimum Gasteiger partial charge on any atom is -0.850 e. The van der Waals surface area contributed by atoms with Gasteiger partial charge in [-0.2, -0.15) is 54.4 Å². The zero-order valence-electron chi connectivity index (χ0n) is 58.3. The summed E-state index contributed by atoms with van der Waals surface area (Å²) in [5.41, 5.74) is 18.2. The van der Waals surface area contributed by atoms with E-state index in [9.17, 15) is 114 Å². The smallest absolute Gasteiger partial charge is 0.850 e. The van der Waals surface area contributed by atoms with Crippen molar-refractivity contribution in [1.29, 1.82) is 0 Å². The summed E-state index contributed by atoms with van der Waals surface area (Å²) in [6.45, 7) is -3.64. The van der Waals surface area contributed by atoms with Crippen LogP contribution in [0.25, 0.3) is 0 Å². The van der Waals surface area contributed by atoms with Gasteiger partial charge in [0.25, 0.3) is 0 Å². The number of hydrogen-bond donors (Lipinski definition) is 20. The molecular formula is C36H60N12Na4O52P12. The van der Waals surface area contributed by atoms with Crippen molar-refractivity contribution in [1.82, 2.24) is 38.2 Å². The van der Waals surface area contributed by atoms with E-state index in [1.807, 2.05) is 0 Å².